The van der Waals surface area contributed by atoms with Crippen LogP contribution in [0.5, 0.6) is 0 Å². The predicted molar refractivity (Wildman–Crippen MR) is 98.2 cm³/mol. The Balaban J connectivity index is 1.55. The van der Waals surface area contributed by atoms with Gasteiger partial charge in [0, 0.05) is 38.6 Å². The highest BCUT2D eigenvalue weighted by Gasteiger charge is 2.21. The summed E-state index contributed by atoms with van der Waals surface area (Å²) >= 11 is 0. The van der Waals surface area contributed by atoms with Crippen LogP contribution in [0, 0.1) is 0 Å². The van der Waals surface area contributed by atoms with Crippen molar-refractivity contribution < 1.29 is 0 Å². The number of hydrogen-bond acceptors (Lipinski definition) is 8. The van der Waals surface area contributed by atoms with Crippen molar-refractivity contribution in [1.29, 1.82) is 0 Å². The van der Waals surface area contributed by atoms with Crippen molar-refractivity contribution in [3.8, 4) is 0 Å². The predicted octanol–water partition coefficient (Wildman–Crippen LogP) is 1.91. The van der Waals surface area contributed by atoms with Gasteiger partial charge in [-0.1, -0.05) is 0 Å². The maximum absolute atomic E-state index is 4.69. The first-order valence-corrected chi connectivity index (χ1v) is 8.83. The minimum atomic E-state index is 0.490. The first kappa shape index (κ1) is 15.7. The molecule has 0 unspecified atom stereocenters. The summed E-state index contributed by atoms with van der Waals surface area (Å²) in [5, 5.41) is 4.25. The van der Waals surface area contributed by atoms with E-state index >= 15 is 0 Å². The van der Waals surface area contributed by atoms with Gasteiger partial charge in [-0.3, -0.25) is 4.98 Å². The topological polar surface area (TPSA) is 82.4 Å². The Bertz CT molecular complexity index is 686. The number of pyridine rings is 1. The number of rotatable bonds is 5. The molecule has 2 aromatic heterocycles. The molecule has 2 aliphatic heterocycles. The molecule has 8 nitrogen and oxygen atoms in total. The summed E-state index contributed by atoms with van der Waals surface area (Å²) in [6.45, 7) is 4.01. The molecule has 25 heavy (non-hydrogen) atoms. The largest absolute Gasteiger partial charge is 0.341 e. The van der Waals surface area contributed by atoms with Gasteiger partial charge in [-0.25, -0.2) is 5.43 Å². The fourth-order valence-corrected chi connectivity index (χ4v) is 3.14. The summed E-state index contributed by atoms with van der Waals surface area (Å²) in [6, 6.07) is 3.79. The van der Waals surface area contributed by atoms with Gasteiger partial charge in [0.1, 0.15) is 0 Å². The highest BCUT2D eigenvalue weighted by Crippen LogP contribution is 2.22. The number of anilines is 3. The molecule has 0 atom stereocenters. The summed E-state index contributed by atoms with van der Waals surface area (Å²) in [5.41, 5.74) is 3.92. The summed E-state index contributed by atoms with van der Waals surface area (Å²) in [4.78, 5) is 22.2. The number of hydrogen-bond donors (Lipinski definition) is 1. The third-order valence-corrected chi connectivity index (χ3v) is 4.47. The zero-order chi connectivity index (χ0) is 16.9. The first-order valence-electron chi connectivity index (χ1n) is 8.83. The number of nitrogens with one attached hydrogen (secondary N) is 1. The van der Waals surface area contributed by atoms with Crippen molar-refractivity contribution in [1.82, 2.24) is 19.9 Å². The molecule has 130 valence electrons. The van der Waals surface area contributed by atoms with E-state index in [9.17, 15) is 0 Å². The SMILES string of the molecule is C(=N/Nc1nc(N2CCCC2)nc(N2CCCC2)n1)/c1ccncc1. The van der Waals surface area contributed by atoms with Crippen molar-refractivity contribution in [2.75, 3.05) is 41.4 Å². The maximum Gasteiger partial charge on any atom is 0.250 e. The van der Waals surface area contributed by atoms with E-state index in [0.29, 0.717) is 5.95 Å². The van der Waals surface area contributed by atoms with Crippen LogP contribution in [-0.2, 0) is 0 Å². The van der Waals surface area contributed by atoms with E-state index in [2.05, 4.69) is 35.3 Å². The van der Waals surface area contributed by atoms with E-state index in [1.807, 2.05) is 12.1 Å². The van der Waals surface area contributed by atoms with Crippen LogP contribution < -0.4 is 15.2 Å². The lowest BCUT2D eigenvalue weighted by Crippen LogP contribution is -2.25. The highest BCUT2D eigenvalue weighted by molar-refractivity contribution is 5.79. The minimum Gasteiger partial charge on any atom is -0.341 e. The molecule has 2 saturated heterocycles. The Morgan fingerprint density at radius 2 is 1.40 bits per heavy atom. The lowest BCUT2D eigenvalue weighted by atomic mass is 10.3. The molecule has 0 spiro atoms. The van der Waals surface area contributed by atoms with Gasteiger partial charge in [0.05, 0.1) is 6.21 Å². The van der Waals surface area contributed by atoms with Crippen molar-refractivity contribution >= 4 is 24.1 Å². The zero-order valence-corrected chi connectivity index (χ0v) is 14.2. The molecular formula is C17H22N8. The van der Waals surface area contributed by atoms with Crippen LogP contribution in [-0.4, -0.2) is 52.3 Å². The summed E-state index contributed by atoms with van der Waals surface area (Å²) in [7, 11) is 0. The van der Waals surface area contributed by atoms with E-state index < -0.39 is 0 Å². The van der Waals surface area contributed by atoms with Crippen molar-refractivity contribution in [2.45, 2.75) is 25.7 Å². The van der Waals surface area contributed by atoms with Gasteiger partial charge in [-0.2, -0.15) is 20.1 Å². The Hall–Kier alpha value is -2.77. The quantitative estimate of drug-likeness (QED) is 0.658. The zero-order valence-electron chi connectivity index (χ0n) is 14.2. The Morgan fingerprint density at radius 3 is 1.96 bits per heavy atom. The molecule has 2 aromatic rings. The van der Waals surface area contributed by atoms with Crippen molar-refractivity contribution in [3.63, 3.8) is 0 Å². The van der Waals surface area contributed by atoms with Crippen molar-refractivity contribution in [3.05, 3.63) is 30.1 Å². The standard InChI is InChI=1S/C17H22N8/c1-2-10-24(9-1)16-20-15(21-17(22-16)25-11-3-4-12-25)23-19-13-14-5-7-18-8-6-14/h5-8,13H,1-4,9-12H2,(H,20,21,22,23)/b19-13-. The smallest absolute Gasteiger partial charge is 0.250 e. The normalized spacial score (nSPS) is 17.6. The molecule has 0 radical (unpaired) electrons. The third kappa shape index (κ3) is 3.84. The highest BCUT2D eigenvalue weighted by atomic mass is 15.4. The third-order valence-electron chi connectivity index (χ3n) is 4.47. The Labute approximate surface area is 147 Å². The minimum absolute atomic E-state index is 0.490. The average Bonchev–Trinajstić information content (AvgIpc) is 3.36. The van der Waals surface area contributed by atoms with E-state index in [1.54, 1.807) is 18.6 Å². The van der Waals surface area contributed by atoms with Gasteiger partial charge in [-0.05, 0) is 43.4 Å². The molecule has 0 bridgehead atoms. The number of nitrogens with zero attached hydrogens (tertiary/aromatic N) is 7. The van der Waals surface area contributed by atoms with Crippen molar-refractivity contribution in [2.24, 2.45) is 5.10 Å². The molecule has 4 heterocycles. The van der Waals surface area contributed by atoms with Crippen LogP contribution in [0.2, 0.25) is 0 Å². The molecule has 2 fully saturated rings. The molecule has 0 aliphatic carbocycles. The van der Waals surface area contributed by atoms with Crippen LogP contribution >= 0.6 is 0 Å². The van der Waals surface area contributed by atoms with E-state index in [1.165, 1.54) is 25.7 Å². The lowest BCUT2D eigenvalue weighted by Gasteiger charge is -2.20. The van der Waals surface area contributed by atoms with Crippen LogP contribution in [0.15, 0.2) is 29.6 Å². The van der Waals surface area contributed by atoms with E-state index in [4.69, 9.17) is 4.98 Å². The van der Waals surface area contributed by atoms with Gasteiger partial charge < -0.3 is 9.80 Å². The van der Waals surface area contributed by atoms with Crippen LogP contribution in [0.4, 0.5) is 17.8 Å². The maximum atomic E-state index is 4.69. The number of aromatic nitrogens is 4. The van der Waals surface area contributed by atoms with Crippen LogP contribution in [0.3, 0.4) is 0 Å². The van der Waals surface area contributed by atoms with Gasteiger partial charge in [0.25, 0.3) is 0 Å². The summed E-state index contributed by atoms with van der Waals surface area (Å²) in [5.74, 6) is 1.98. The second-order valence-corrected chi connectivity index (χ2v) is 6.30. The second-order valence-electron chi connectivity index (χ2n) is 6.30. The molecular weight excluding hydrogens is 316 g/mol. The lowest BCUT2D eigenvalue weighted by molar-refractivity contribution is 0.838. The molecule has 0 amide bonds. The second kappa shape index (κ2) is 7.42. The summed E-state index contributed by atoms with van der Waals surface area (Å²) < 4.78 is 0. The first-order chi connectivity index (χ1) is 12.4. The van der Waals surface area contributed by atoms with Crippen LogP contribution in [0.1, 0.15) is 31.2 Å². The summed E-state index contributed by atoms with van der Waals surface area (Å²) in [6.07, 6.45) is 9.96. The Morgan fingerprint density at radius 1 is 0.840 bits per heavy atom. The van der Waals surface area contributed by atoms with E-state index in [-0.39, 0.29) is 0 Å². The Kier molecular flexibility index (Phi) is 4.67. The van der Waals surface area contributed by atoms with Gasteiger partial charge in [0.2, 0.25) is 17.8 Å². The molecule has 0 aromatic carbocycles. The average molecular weight is 338 g/mol. The van der Waals surface area contributed by atoms with Gasteiger partial charge >= 0.3 is 0 Å². The van der Waals surface area contributed by atoms with Crippen LogP contribution in [0.25, 0.3) is 0 Å². The fraction of sp³-hybridized carbons (Fsp3) is 0.471. The molecule has 0 saturated carbocycles. The molecule has 8 heteroatoms. The molecule has 4 rings (SSSR count). The van der Waals surface area contributed by atoms with Gasteiger partial charge in [-0.15, -0.1) is 0 Å². The van der Waals surface area contributed by atoms with E-state index in [0.717, 1.165) is 43.6 Å². The molecule has 2 aliphatic rings. The fourth-order valence-electron chi connectivity index (χ4n) is 3.14. The number of hydrazone groups is 1. The van der Waals surface area contributed by atoms with Gasteiger partial charge in [0.15, 0.2) is 0 Å². The molecule has 1 N–H and O–H groups in total. The monoisotopic (exact) mass is 338 g/mol.